The standard InChI is InChI=1S/C33H24ClN3O2/c1-36-28-15-9-8-14-26(28)35-30(36)19-18-29(38)32-31(23-12-6-3-7-13-23)25-20-24(34)16-17-27(25)37(33(32)39)21-22-10-4-2-5-11-22/h2-20H,21H2,1H3/b19-18+. The summed E-state index contributed by atoms with van der Waals surface area (Å²) in [5, 5.41) is 1.27. The first kappa shape index (κ1) is 24.6. The molecule has 6 rings (SSSR count). The Kier molecular flexibility index (Phi) is 6.43. The number of aromatic nitrogens is 3. The number of fused-ring (bicyclic) bond motifs is 2. The number of allylic oxidation sites excluding steroid dienone is 1. The molecule has 6 heteroatoms. The summed E-state index contributed by atoms with van der Waals surface area (Å²) < 4.78 is 3.58. The molecule has 0 aliphatic heterocycles. The summed E-state index contributed by atoms with van der Waals surface area (Å²) in [7, 11) is 1.90. The zero-order valence-electron chi connectivity index (χ0n) is 21.2. The summed E-state index contributed by atoms with van der Waals surface area (Å²) in [6.45, 7) is 0.321. The van der Waals surface area contributed by atoms with Crippen molar-refractivity contribution < 1.29 is 4.79 Å². The van der Waals surface area contributed by atoms with Gasteiger partial charge in [-0.25, -0.2) is 4.98 Å². The number of pyridine rings is 1. The lowest BCUT2D eigenvalue weighted by molar-refractivity contribution is 0.104. The molecule has 0 fully saturated rings. The lowest BCUT2D eigenvalue weighted by Gasteiger charge is -2.18. The third-order valence-corrected chi connectivity index (χ3v) is 7.16. The largest absolute Gasteiger partial charge is 0.328 e. The van der Waals surface area contributed by atoms with Crippen molar-refractivity contribution in [2.45, 2.75) is 6.54 Å². The van der Waals surface area contributed by atoms with E-state index in [2.05, 4.69) is 4.98 Å². The number of ketones is 1. The van der Waals surface area contributed by atoms with Crippen molar-refractivity contribution in [2.75, 3.05) is 0 Å². The second-order valence-corrected chi connectivity index (χ2v) is 9.81. The van der Waals surface area contributed by atoms with Crippen LogP contribution in [0, 0.1) is 0 Å². The van der Waals surface area contributed by atoms with E-state index in [0.717, 1.165) is 27.5 Å². The number of halogens is 1. The van der Waals surface area contributed by atoms with Gasteiger partial charge in [0, 0.05) is 23.0 Å². The fraction of sp³-hybridized carbons (Fsp3) is 0.0606. The third kappa shape index (κ3) is 4.58. The summed E-state index contributed by atoms with van der Waals surface area (Å²) in [5.41, 5.74) is 4.55. The number of aryl methyl sites for hydroxylation is 1. The number of hydrogen-bond donors (Lipinski definition) is 0. The van der Waals surface area contributed by atoms with Crippen LogP contribution in [0.5, 0.6) is 0 Å². The first-order valence-electron chi connectivity index (χ1n) is 12.6. The second-order valence-electron chi connectivity index (χ2n) is 9.37. The monoisotopic (exact) mass is 529 g/mol. The fourth-order valence-electron chi connectivity index (χ4n) is 5.03. The number of benzene rings is 4. The Morgan fingerprint density at radius 1 is 0.872 bits per heavy atom. The van der Waals surface area contributed by atoms with Crippen molar-refractivity contribution in [3.63, 3.8) is 0 Å². The number of hydrogen-bond acceptors (Lipinski definition) is 3. The van der Waals surface area contributed by atoms with Gasteiger partial charge in [0.2, 0.25) is 0 Å². The maximum atomic E-state index is 14.2. The van der Waals surface area contributed by atoms with Crippen LogP contribution in [0.2, 0.25) is 5.02 Å². The van der Waals surface area contributed by atoms with Crippen LogP contribution in [0.25, 0.3) is 39.1 Å². The molecule has 2 heterocycles. The van der Waals surface area contributed by atoms with E-state index >= 15 is 0 Å². The molecule has 0 saturated heterocycles. The van der Waals surface area contributed by atoms with Crippen LogP contribution in [-0.4, -0.2) is 19.9 Å². The van der Waals surface area contributed by atoms with Gasteiger partial charge in [-0.3, -0.25) is 9.59 Å². The van der Waals surface area contributed by atoms with Crippen LogP contribution in [0.4, 0.5) is 0 Å². The molecule has 190 valence electrons. The molecule has 0 radical (unpaired) electrons. The van der Waals surface area contributed by atoms with Crippen LogP contribution in [-0.2, 0) is 13.6 Å². The summed E-state index contributed by atoms with van der Waals surface area (Å²) in [6, 6.07) is 32.5. The number of carbonyl (C=O) groups is 1. The smallest absolute Gasteiger partial charge is 0.263 e. The number of rotatable bonds is 6. The number of carbonyl (C=O) groups excluding carboxylic acids is 1. The van der Waals surface area contributed by atoms with Gasteiger partial charge in [-0.05, 0) is 53.6 Å². The predicted octanol–water partition coefficient (Wildman–Crippen LogP) is 7.15. The SMILES string of the molecule is Cn1c(/C=C/C(=O)c2c(-c3ccccc3)c3cc(Cl)ccc3n(Cc3ccccc3)c2=O)nc2ccccc21. The normalized spacial score (nSPS) is 11.5. The van der Waals surface area contributed by atoms with Crippen molar-refractivity contribution in [3.05, 3.63) is 142 Å². The zero-order valence-corrected chi connectivity index (χ0v) is 22.0. The topological polar surface area (TPSA) is 56.9 Å². The summed E-state index contributed by atoms with van der Waals surface area (Å²) in [4.78, 5) is 32.7. The Morgan fingerprint density at radius 2 is 1.56 bits per heavy atom. The van der Waals surface area contributed by atoms with E-state index < -0.39 is 5.78 Å². The molecule has 0 aliphatic carbocycles. The highest BCUT2D eigenvalue weighted by atomic mass is 35.5. The van der Waals surface area contributed by atoms with Gasteiger partial charge in [-0.1, -0.05) is 84.4 Å². The van der Waals surface area contributed by atoms with Gasteiger partial charge >= 0.3 is 0 Å². The molecule has 0 atom stereocenters. The molecule has 0 saturated carbocycles. The van der Waals surface area contributed by atoms with Crippen LogP contribution in [0.1, 0.15) is 21.7 Å². The quantitative estimate of drug-likeness (QED) is 0.170. The van der Waals surface area contributed by atoms with Crippen LogP contribution in [0.15, 0.2) is 114 Å². The minimum absolute atomic E-state index is 0.0990. The molecule has 2 aromatic heterocycles. The van der Waals surface area contributed by atoms with E-state index in [1.807, 2.05) is 109 Å². The number of para-hydroxylation sites is 2. The number of imidazole rings is 1. The van der Waals surface area contributed by atoms with Crippen LogP contribution >= 0.6 is 11.6 Å². The van der Waals surface area contributed by atoms with Crippen molar-refractivity contribution in [3.8, 4) is 11.1 Å². The minimum Gasteiger partial charge on any atom is -0.328 e. The maximum absolute atomic E-state index is 14.2. The van der Waals surface area contributed by atoms with Gasteiger partial charge in [0.1, 0.15) is 5.82 Å². The first-order chi connectivity index (χ1) is 19.0. The second kappa shape index (κ2) is 10.2. The lowest BCUT2D eigenvalue weighted by Crippen LogP contribution is -2.28. The Hall–Kier alpha value is -4.74. The maximum Gasteiger partial charge on any atom is 0.263 e. The molecular weight excluding hydrogens is 506 g/mol. The molecule has 0 unspecified atom stereocenters. The van der Waals surface area contributed by atoms with E-state index in [-0.39, 0.29) is 11.1 Å². The lowest BCUT2D eigenvalue weighted by atomic mass is 9.93. The van der Waals surface area contributed by atoms with Crippen molar-refractivity contribution in [1.29, 1.82) is 0 Å². The van der Waals surface area contributed by atoms with Gasteiger partial charge in [-0.15, -0.1) is 0 Å². The van der Waals surface area contributed by atoms with Crippen LogP contribution < -0.4 is 5.56 Å². The van der Waals surface area contributed by atoms with Crippen LogP contribution in [0.3, 0.4) is 0 Å². The van der Waals surface area contributed by atoms with Gasteiger partial charge in [0.05, 0.1) is 28.7 Å². The van der Waals surface area contributed by atoms with E-state index in [0.29, 0.717) is 28.5 Å². The summed E-state index contributed by atoms with van der Waals surface area (Å²) >= 11 is 6.46. The molecule has 6 aromatic rings. The molecule has 4 aromatic carbocycles. The van der Waals surface area contributed by atoms with E-state index in [1.54, 1.807) is 16.7 Å². The van der Waals surface area contributed by atoms with Gasteiger partial charge in [0.25, 0.3) is 5.56 Å². The highest BCUT2D eigenvalue weighted by Gasteiger charge is 2.23. The molecule has 39 heavy (non-hydrogen) atoms. The zero-order chi connectivity index (χ0) is 26.9. The molecule has 5 nitrogen and oxygen atoms in total. The van der Waals surface area contributed by atoms with Crippen molar-refractivity contribution in [2.24, 2.45) is 7.05 Å². The molecule has 0 aliphatic rings. The van der Waals surface area contributed by atoms with E-state index in [1.165, 1.54) is 6.08 Å². The first-order valence-corrected chi connectivity index (χ1v) is 13.0. The van der Waals surface area contributed by atoms with Gasteiger partial charge < -0.3 is 9.13 Å². The van der Waals surface area contributed by atoms with Crippen molar-refractivity contribution in [1.82, 2.24) is 14.1 Å². The van der Waals surface area contributed by atoms with Crippen molar-refractivity contribution >= 4 is 45.4 Å². The molecule has 0 N–H and O–H groups in total. The molecule has 0 amide bonds. The molecule has 0 bridgehead atoms. The minimum atomic E-state index is -0.394. The average Bonchev–Trinajstić information content (AvgIpc) is 3.29. The average molecular weight is 530 g/mol. The Balaban J connectivity index is 1.58. The fourth-order valence-corrected chi connectivity index (χ4v) is 5.20. The van der Waals surface area contributed by atoms with E-state index in [4.69, 9.17) is 11.6 Å². The summed E-state index contributed by atoms with van der Waals surface area (Å²) in [5.74, 6) is 0.230. The molecular formula is C33H24ClN3O2. The Bertz CT molecular complexity index is 1940. The highest BCUT2D eigenvalue weighted by molar-refractivity contribution is 6.31. The Labute approximate surface area is 230 Å². The molecule has 0 spiro atoms. The summed E-state index contributed by atoms with van der Waals surface area (Å²) in [6.07, 6.45) is 3.11. The third-order valence-electron chi connectivity index (χ3n) is 6.93. The van der Waals surface area contributed by atoms with E-state index in [9.17, 15) is 9.59 Å². The predicted molar refractivity (Wildman–Crippen MR) is 158 cm³/mol. The number of nitrogens with zero attached hydrogens (tertiary/aromatic N) is 3. The van der Waals surface area contributed by atoms with Gasteiger partial charge in [0.15, 0.2) is 5.78 Å². The van der Waals surface area contributed by atoms with Gasteiger partial charge in [-0.2, -0.15) is 0 Å². The Morgan fingerprint density at radius 3 is 2.31 bits per heavy atom. The highest BCUT2D eigenvalue weighted by Crippen LogP contribution is 2.33.